The Bertz CT molecular complexity index is 364. The summed E-state index contributed by atoms with van der Waals surface area (Å²) in [6, 6.07) is 3.87. The fraction of sp³-hybridized carbons (Fsp3) is 0.583. The molecule has 1 N–H and O–H groups in total. The minimum Gasteiger partial charge on any atom is -0.337 e. The summed E-state index contributed by atoms with van der Waals surface area (Å²) in [7, 11) is 0. The monoisotopic (exact) mass is 236 g/mol. The molecule has 16 heavy (non-hydrogen) atoms. The highest BCUT2D eigenvalue weighted by molar-refractivity contribution is 7.12. The van der Waals surface area contributed by atoms with Crippen LogP contribution >= 0.6 is 11.3 Å². The molecule has 3 heterocycles. The Balaban J connectivity index is 1.73. The van der Waals surface area contributed by atoms with Gasteiger partial charge in [0.2, 0.25) is 0 Å². The molecule has 0 aromatic carbocycles. The van der Waals surface area contributed by atoms with E-state index in [1.807, 2.05) is 22.4 Å². The van der Waals surface area contributed by atoms with Crippen molar-refractivity contribution in [3.63, 3.8) is 0 Å². The zero-order chi connectivity index (χ0) is 11.0. The van der Waals surface area contributed by atoms with Crippen molar-refractivity contribution in [3.8, 4) is 0 Å². The second-order valence-corrected chi connectivity index (χ2v) is 5.76. The minimum absolute atomic E-state index is 0.228. The summed E-state index contributed by atoms with van der Waals surface area (Å²) in [5.74, 6) is 1.56. The molecular weight excluding hydrogens is 220 g/mol. The van der Waals surface area contributed by atoms with Crippen LogP contribution in [-0.2, 0) is 0 Å². The van der Waals surface area contributed by atoms with Crippen molar-refractivity contribution in [2.75, 3.05) is 26.2 Å². The van der Waals surface area contributed by atoms with Crippen LogP contribution in [0, 0.1) is 11.8 Å². The van der Waals surface area contributed by atoms with E-state index in [0.717, 1.165) is 31.1 Å². The molecule has 3 rings (SSSR count). The van der Waals surface area contributed by atoms with E-state index >= 15 is 0 Å². The number of thiophene rings is 1. The molecule has 1 aromatic heterocycles. The number of nitrogens with one attached hydrogen (secondary N) is 1. The van der Waals surface area contributed by atoms with Crippen LogP contribution < -0.4 is 5.32 Å². The van der Waals surface area contributed by atoms with Crippen LogP contribution in [0.1, 0.15) is 16.1 Å². The lowest BCUT2D eigenvalue weighted by atomic mass is 9.86. The molecule has 1 amide bonds. The molecular formula is C12H16N2OS. The van der Waals surface area contributed by atoms with Gasteiger partial charge in [0.1, 0.15) is 0 Å². The molecule has 1 aromatic rings. The average molecular weight is 236 g/mol. The van der Waals surface area contributed by atoms with Crippen molar-refractivity contribution in [3.05, 3.63) is 22.4 Å². The first-order chi connectivity index (χ1) is 7.83. The van der Waals surface area contributed by atoms with Gasteiger partial charge >= 0.3 is 0 Å². The molecule has 0 saturated carbocycles. The average Bonchev–Trinajstić information content (AvgIpc) is 2.81. The van der Waals surface area contributed by atoms with Gasteiger partial charge in [0.15, 0.2) is 0 Å². The van der Waals surface area contributed by atoms with Crippen molar-refractivity contribution in [1.29, 1.82) is 0 Å². The molecule has 2 aliphatic rings. The van der Waals surface area contributed by atoms with Gasteiger partial charge in [0, 0.05) is 13.1 Å². The number of carbonyl (C=O) groups excluding carboxylic acids is 1. The van der Waals surface area contributed by atoms with Crippen molar-refractivity contribution in [1.82, 2.24) is 10.2 Å². The predicted molar refractivity (Wildman–Crippen MR) is 64.7 cm³/mol. The number of fused-ring (bicyclic) bond motifs is 2. The molecule has 2 bridgehead atoms. The van der Waals surface area contributed by atoms with Crippen LogP contribution in [0.3, 0.4) is 0 Å². The van der Waals surface area contributed by atoms with Crippen LogP contribution in [0.5, 0.6) is 0 Å². The summed E-state index contributed by atoms with van der Waals surface area (Å²) in [5.41, 5.74) is 0. The van der Waals surface area contributed by atoms with Crippen LogP contribution in [0.15, 0.2) is 17.5 Å². The van der Waals surface area contributed by atoms with Gasteiger partial charge in [-0.05, 0) is 42.8 Å². The summed E-state index contributed by atoms with van der Waals surface area (Å²) in [5, 5.41) is 5.42. The second-order valence-electron chi connectivity index (χ2n) is 4.81. The van der Waals surface area contributed by atoms with Crippen LogP contribution in [-0.4, -0.2) is 37.0 Å². The Kier molecular flexibility index (Phi) is 2.69. The molecule has 2 aliphatic heterocycles. The van der Waals surface area contributed by atoms with Crippen molar-refractivity contribution in [2.45, 2.75) is 6.42 Å². The third-order valence-electron chi connectivity index (χ3n) is 3.51. The second kappa shape index (κ2) is 4.18. The fourth-order valence-corrected chi connectivity index (χ4v) is 3.52. The fourth-order valence-electron chi connectivity index (χ4n) is 2.83. The van der Waals surface area contributed by atoms with E-state index in [4.69, 9.17) is 0 Å². The number of nitrogens with zero attached hydrogens (tertiary/aromatic N) is 1. The number of hydrogen-bond acceptors (Lipinski definition) is 3. The standard InChI is InChI=1S/C12H16N2OS/c15-12(11-2-1-3-16-11)14-7-9-4-10(8-14)6-13-5-9/h1-3,9-10,13H,4-8H2. The summed E-state index contributed by atoms with van der Waals surface area (Å²) >= 11 is 1.55. The first-order valence-corrected chi connectivity index (χ1v) is 6.74. The number of likely N-dealkylation sites (tertiary alicyclic amines) is 1. The number of piperidine rings is 2. The lowest BCUT2D eigenvalue weighted by Crippen LogP contribution is -2.52. The minimum atomic E-state index is 0.228. The lowest BCUT2D eigenvalue weighted by Gasteiger charge is -2.41. The maximum absolute atomic E-state index is 12.2. The molecule has 4 heteroatoms. The number of rotatable bonds is 1. The van der Waals surface area contributed by atoms with Gasteiger partial charge in [-0.1, -0.05) is 6.07 Å². The maximum Gasteiger partial charge on any atom is 0.263 e. The van der Waals surface area contributed by atoms with Gasteiger partial charge in [-0.25, -0.2) is 0 Å². The zero-order valence-electron chi connectivity index (χ0n) is 9.19. The van der Waals surface area contributed by atoms with E-state index in [-0.39, 0.29) is 5.91 Å². The first kappa shape index (κ1) is 10.3. The highest BCUT2D eigenvalue weighted by atomic mass is 32.1. The highest BCUT2D eigenvalue weighted by Gasteiger charge is 2.32. The number of amides is 1. The Morgan fingerprint density at radius 2 is 2.12 bits per heavy atom. The number of hydrogen-bond donors (Lipinski definition) is 1. The highest BCUT2D eigenvalue weighted by Crippen LogP contribution is 2.26. The normalized spacial score (nSPS) is 29.1. The van der Waals surface area contributed by atoms with Gasteiger partial charge in [-0.15, -0.1) is 11.3 Å². The molecule has 3 nitrogen and oxygen atoms in total. The van der Waals surface area contributed by atoms with Gasteiger partial charge in [0.25, 0.3) is 5.91 Å². The van der Waals surface area contributed by atoms with Crippen LogP contribution in [0.4, 0.5) is 0 Å². The molecule has 2 saturated heterocycles. The topological polar surface area (TPSA) is 32.3 Å². The van der Waals surface area contributed by atoms with Crippen LogP contribution in [0.25, 0.3) is 0 Å². The van der Waals surface area contributed by atoms with E-state index < -0.39 is 0 Å². The van der Waals surface area contributed by atoms with Gasteiger partial charge < -0.3 is 10.2 Å². The zero-order valence-corrected chi connectivity index (χ0v) is 10.0. The Labute approximate surface area is 99.5 Å². The SMILES string of the molecule is O=C(c1cccs1)N1CC2CNCC(C2)C1. The molecule has 86 valence electrons. The Morgan fingerprint density at radius 1 is 1.38 bits per heavy atom. The first-order valence-electron chi connectivity index (χ1n) is 5.86. The lowest BCUT2D eigenvalue weighted by molar-refractivity contribution is 0.0542. The third kappa shape index (κ3) is 1.87. The Hall–Kier alpha value is -0.870. The van der Waals surface area contributed by atoms with Crippen molar-refractivity contribution >= 4 is 17.2 Å². The van der Waals surface area contributed by atoms with E-state index in [1.54, 1.807) is 11.3 Å². The van der Waals surface area contributed by atoms with Crippen molar-refractivity contribution < 1.29 is 4.79 Å². The number of carbonyl (C=O) groups is 1. The van der Waals surface area contributed by atoms with E-state index in [9.17, 15) is 4.79 Å². The summed E-state index contributed by atoms with van der Waals surface area (Å²) in [6.07, 6.45) is 1.29. The third-order valence-corrected chi connectivity index (χ3v) is 4.37. The Morgan fingerprint density at radius 3 is 2.75 bits per heavy atom. The summed E-state index contributed by atoms with van der Waals surface area (Å²) in [4.78, 5) is 15.1. The molecule has 0 aliphatic carbocycles. The molecule has 2 unspecified atom stereocenters. The summed E-state index contributed by atoms with van der Waals surface area (Å²) in [6.45, 7) is 4.01. The van der Waals surface area contributed by atoms with Gasteiger partial charge in [-0.3, -0.25) is 4.79 Å². The van der Waals surface area contributed by atoms with E-state index in [1.165, 1.54) is 6.42 Å². The molecule has 0 spiro atoms. The van der Waals surface area contributed by atoms with Crippen molar-refractivity contribution in [2.24, 2.45) is 11.8 Å². The van der Waals surface area contributed by atoms with Gasteiger partial charge in [-0.2, -0.15) is 0 Å². The molecule has 2 atom stereocenters. The largest absolute Gasteiger partial charge is 0.337 e. The quantitative estimate of drug-likeness (QED) is 0.800. The smallest absolute Gasteiger partial charge is 0.263 e. The maximum atomic E-state index is 12.2. The molecule has 2 fully saturated rings. The summed E-state index contributed by atoms with van der Waals surface area (Å²) < 4.78 is 0. The predicted octanol–water partition coefficient (Wildman–Crippen LogP) is 1.43. The van der Waals surface area contributed by atoms with E-state index in [0.29, 0.717) is 11.8 Å². The van der Waals surface area contributed by atoms with Gasteiger partial charge in [0.05, 0.1) is 4.88 Å². The molecule has 0 radical (unpaired) electrons. The van der Waals surface area contributed by atoms with Crippen LogP contribution in [0.2, 0.25) is 0 Å². The van der Waals surface area contributed by atoms with E-state index in [2.05, 4.69) is 5.32 Å².